The quantitative estimate of drug-likeness (QED) is 0.732. The molecule has 1 rings (SSSR count). The summed E-state index contributed by atoms with van der Waals surface area (Å²) in [6, 6.07) is -1.04. The molecule has 0 bridgehead atoms. The molecule has 0 saturated heterocycles. The molecule has 7 heteroatoms. The number of esters is 1. The third kappa shape index (κ3) is 3.76. The van der Waals surface area contributed by atoms with Crippen LogP contribution in [0.25, 0.3) is 0 Å². The maximum Gasteiger partial charge on any atom is 0.328 e. The van der Waals surface area contributed by atoms with Crippen molar-refractivity contribution in [3.8, 4) is 0 Å². The number of imidazole rings is 1. The number of urea groups is 1. The number of aromatic nitrogens is 2. The van der Waals surface area contributed by atoms with Crippen molar-refractivity contribution in [1.82, 2.24) is 20.2 Å². The summed E-state index contributed by atoms with van der Waals surface area (Å²) in [5.74, 6) is -0.484. The van der Waals surface area contributed by atoms with Gasteiger partial charge in [0.15, 0.2) is 0 Å². The summed E-state index contributed by atoms with van der Waals surface area (Å²) in [4.78, 5) is 31.5. The van der Waals surface area contributed by atoms with Crippen molar-refractivity contribution in [3.05, 3.63) is 18.2 Å². The van der Waals surface area contributed by atoms with Crippen LogP contribution < -0.4 is 5.32 Å². The summed E-state index contributed by atoms with van der Waals surface area (Å²) < 4.78 is 4.67. The monoisotopic (exact) mass is 254 g/mol. The van der Waals surface area contributed by atoms with Crippen LogP contribution >= 0.6 is 0 Å². The van der Waals surface area contributed by atoms with Crippen LogP contribution in [0.1, 0.15) is 12.6 Å². The summed E-state index contributed by atoms with van der Waals surface area (Å²) in [6.45, 7) is 2.41. The number of rotatable bonds is 5. The topological polar surface area (TPSA) is 87.3 Å². The fourth-order valence-electron chi connectivity index (χ4n) is 1.35. The Hall–Kier alpha value is -2.05. The predicted octanol–water partition coefficient (Wildman–Crippen LogP) is 0.155. The molecule has 18 heavy (non-hydrogen) atoms. The molecule has 1 aromatic rings. The third-order valence-electron chi connectivity index (χ3n) is 2.58. The molecule has 1 heterocycles. The van der Waals surface area contributed by atoms with Gasteiger partial charge in [0, 0.05) is 31.9 Å². The molecule has 2 amide bonds. The maximum atomic E-state index is 11.7. The fourth-order valence-corrected chi connectivity index (χ4v) is 1.35. The Morgan fingerprint density at radius 1 is 1.61 bits per heavy atom. The van der Waals surface area contributed by atoms with Gasteiger partial charge < -0.3 is 19.9 Å². The van der Waals surface area contributed by atoms with Crippen LogP contribution in [0.2, 0.25) is 0 Å². The van der Waals surface area contributed by atoms with E-state index in [1.54, 1.807) is 13.2 Å². The van der Waals surface area contributed by atoms with E-state index in [2.05, 4.69) is 20.0 Å². The summed E-state index contributed by atoms with van der Waals surface area (Å²) in [5, 5.41) is 2.62. The van der Waals surface area contributed by atoms with Gasteiger partial charge in [-0.25, -0.2) is 14.6 Å². The van der Waals surface area contributed by atoms with Crippen molar-refractivity contribution in [2.24, 2.45) is 0 Å². The van der Waals surface area contributed by atoms with Gasteiger partial charge in [0.05, 0.1) is 13.4 Å². The zero-order valence-electron chi connectivity index (χ0n) is 10.8. The van der Waals surface area contributed by atoms with E-state index < -0.39 is 12.0 Å². The molecule has 0 spiro atoms. The van der Waals surface area contributed by atoms with E-state index >= 15 is 0 Å². The molecule has 100 valence electrons. The minimum absolute atomic E-state index is 0.313. The first-order chi connectivity index (χ1) is 8.58. The number of H-pyrrole nitrogens is 1. The number of nitrogens with zero attached hydrogens (tertiary/aromatic N) is 2. The molecule has 7 nitrogen and oxygen atoms in total. The molecule has 0 radical (unpaired) electrons. The molecule has 0 unspecified atom stereocenters. The molecule has 0 aliphatic heterocycles. The Bertz CT molecular complexity index is 391. The minimum atomic E-state index is -0.725. The SMILES string of the molecule is CCN(C)C(=O)N[C@@H](Cc1cnc[nH]1)C(=O)OC. The van der Waals surface area contributed by atoms with Gasteiger partial charge in [-0.05, 0) is 6.92 Å². The number of ether oxygens (including phenoxy) is 1. The van der Waals surface area contributed by atoms with Gasteiger partial charge in [-0.1, -0.05) is 0 Å². The Morgan fingerprint density at radius 2 is 2.33 bits per heavy atom. The molecule has 0 saturated carbocycles. The molecular weight excluding hydrogens is 236 g/mol. The van der Waals surface area contributed by atoms with Crippen molar-refractivity contribution in [3.63, 3.8) is 0 Å². The van der Waals surface area contributed by atoms with Crippen LogP contribution in [0, 0.1) is 0 Å². The second-order valence-corrected chi connectivity index (χ2v) is 3.82. The second-order valence-electron chi connectivity index (χ2n) is 3.82. The van der Waals surface area contributed by atoms with Gasteiger partial charge in [0.2, 0.25) is 0 Å². The molecule has 0 aliphatic carbocycles. The van der Waals surface area contributed by atoms with E-state index in [0.29, 0.717) is 13.0 Å². The first kappa shape index (κ1) is 14.0. The van der Waals surface area contributed by atoms with E-state index in [4.69, 9.17) is 0 Å². The second kappa shape index (κ2) is 6.63. The van der Waals surface area contributed by atoms with Crippen molar-refractivity contribution in [2.75, 3.05) is 20.7 Å². The third-order valence-corrected chi connectivity index (χ3v) is 2.58. The zero-order valence-corrected chi connectivity index (χ0v) is 10.8. The van der Waals surface area contributed by atoms with Crippen LogP contribution in [0.15, 0.2) is 12.5 Å². The van der Waals surface area contributed by atoms with E-state index in [1.807, 2.05) is 6.92 Å². The largest absolute Gasteiger partial charge is 0.467 e. The first-order valence-electron chi connectivity index (χ1n) is 5.65. The molecular formula is C11H18N4O3. The number of carbonyl (C=O) groups is 2. The average molecular weight is 254 g/mol. The number of hydrogen-bond acceptors (Lipinski definition) is 4. The molecule has 0 aromatic carbocycles. The Balaban J connectivity index is 2.67. The van der Waals surface area contributed by atoms with Gasteiger partial charge in [0.1, 0.15) is 6.04 Å². The highest BCUT2D eigenvalue weighted by molar-refractivity contribution is 5.83. The molecule has 1 aromatic heterocycles. The zero-order chi connectivity index (χ0) is 13.5. The lowest BCUT2D eigenvalue weighted by Gasteiger charge is -2.20. The van der Waals surface area contributed by atoms with Crippen molar-refractivity contribution < 1.29 is 14.3 Å². The summed E-state index contributed by atoms with van der Waals surface area (Å²) in [5.41, 5.74) is 0.754. The highest BCUT2D eigenvalue weighted by Gasteiger charge is 2.23. The standard InChI is InChI=1S/C11H18N4O3/c1-4-15(2)11(17)14-9(10(16)18-3)5-8-6-12-7-13-8/h6-7,9H,4-5H2,1-3H3,(H,12,13)(H,14,17)/t9-/m0/s1. The molecule has 0 fully saturated rings. The van der Waals surface area contributed by atoms with E-state index in [-0.39, 0.29) is 6.03 Å². The lowest BCUT2D eigenvalue weighted by atomic mass is 10.1. The lowest BCUT2D eigenvalue weighted by Crippen LogP contribution is -2.48. The smallest absolute Gasteiger partial charge is 0.328 e. The maximum absolute atomic E-state index is 11.7. The number of aromatic amines is 1. The number of carbonyl (C=O) groups excluding carboxylic acids is 2. The Labute approximate surface area is 106 Å². The van der Waals surface area contributed by atoms with Crippen molar-refractivity contribution >= 4 is 12.0 Å². The Kier molecular flexibility index (Phi) is 5.16. The van der Waals surface area contributed by atoms with Crippen molar-refractivity contribution in [1.29, 1.82) is 0 Å². The van der Waals surface area contributed by atoms with Gasteiger partial charge in [0.25, 0.3) is 0 Å². The first-order valence-corrected chi connectivity index (χ1v) is 5.65. The van der Waals surface area contributed by atoms with E-state index in [0.717, 1.165) is 5.69 Å². The minimum Gasteiger partial charge on any atom is -0.467 e. The lowest BCUT2D eigenvalue weighted by molar-refractivity contribution is -0.142. The Morgan fingerprint density at radius 3 is 2.83 bits per heavy atom. The number of amides is 2. The normalized spacial score (nSPS) is 11.7. The highest BCUT2D eigenvalue weighted by Crippen LogP contribution is 2.01. The summed E-state index contributed by atoms with van der Waals surface area (Å²) in [7, 11) is 2.94. The van der Waals surface area contributed by atoms with Crippen LogP contribution in [-0.2, 0) is 16.0 Å². The van der Waals surface area contributed by atoms with E-state index in [9.17, 15) is 9.59 Å². The van der Waals surface area contributed by atoms with Crippen molar-refractivity contribution in [2.45, 2.75) is 19.4 Å². The highest BCUT2D eigenvalue weighted by atomic mass is 16.5. The van der Waals surface area contributed by atoms with Gasteiger partial charge in [-0.15, -0.1) is 0 Å². The van der Waals surface area contributed by atoms with Crippen LogP contribution in [-0.4, -0.2) is 53.6 Å². The number of nitrogens with one attached hydrogen (secondary N) is 2. The summed E-state index contributed by atoms with van der Waals surface area (Å²) in [6.07, 6.45) is 3.44. The van der Waals surface area contributed by atoms with Crippen LogP contribution in [0.5, 0.6) is 0 Å². The number of hydrogen-bond donors (Lipinski definition) is 2. The molecule has 0 aliphatic rings. The fraction of sp³-hybridized carbons (Fsp3) is 0.545. The molecule has 1 atom stereocenters. The van der Waals surface area contributed by atoms with Gasteiger partial charge in [-0.3, -0.25) is 0 Å². The van der Waals surface area contributed by atoms with E-state index in [1.165, 1.54) is 18.3 Å². The summed E-state index contributed by atoms with van der Waals surface area (Å²) >= 11 is 0. The van der Waals surface area contributed by atoms with Gasteiger partial charge >= 0.3 is 12.0 Å². The predicted molar refractivity (Wildman–Crippen MR) is 64.9 cm³/mol. The average Bonchev–Trinajstić information content (AvgIpc) is 2.88. The van der Waals surface area contributed by atoms with Crippen LogP contribution in [0.3, 0.4) is 0 Å². The number of methoxy groups -OCH3 is 1. The molecule has 2 N–H and O–H groups in total. The van der Waals surface area contributed by atoms with Crippen LogP contribution in [0.4, 0.5) is 4.79 Å². The van der Waals surface area contributed by atoms with Gasteiger partial charge in [-0.2, -0.15) is 0 Å².